The average Bonchev–Trinajstić information content (AvgIpc) is 3.15. The lowest BCUT2D eigenvalue weighted by atomic mass is 9.96. The Morgan fingerprint density at radius 3 is 2.70 bits per heavy atom. The number of benzene rings is 2. The number of carbonyl (C=O) groups is 2. The van der Waals surface area contributed by atoms with E-state index in [0.717, 1.165) is 41.0 Å². The number of aromatic amines is 1. The quantitative estimate of drug-likeness (QED) is 0.731. The highest BCUT2D eigenvalue weighted by molar-refractivity contribution is 6.00. The van der Waals surface area contributed by atoms with E-state index in [2.05, 4.69) is 11.4 Å². The molecule has 2 amide bonds. The molecule has 0 spiro atoms. The largest absolute Gasteiger partial charge is 0.342 e. The number of piperidine rings is 1. The number of para-hydroxylation sites is 3. The zero-order valence-electron chi connectivity index (χ0n) is 16.8. The van der Waals surface area contributed by atoms with Gasteiger partial charge in [0.05, 0.1) is 11.0 Å². The Balaban J connectivity index is 1.25. The molecule has 1 aromatic heterocycles. The van der Waals surface area contributed by atoms with Gasteiger partial charge in [-0.1, -0.05) is 30.3 Å². The molecule has 6 nitrogen and oxygen atoms in total. The molecule has 0 bridgehead atoms. The lowest BCUT2D eigenvalue weighted by molar-refractivity contribution is -0.132. The number of H-pyrrole nitrogens is 1. The number of nitrogens with one attached hydrogen (secondary N) is 1. The summed E-state index contributed by atoms with van der Waals surface area (Å²) >= 11 is 0. The van der Waals surface area contributed by atoms with Gasteiger partial charge in [-0.25, -0.2) is 4.98 Å². The number of fused-ring (bicyclic) bond motifs is 2. The van der Waals surface area contributed by atoms with Gasteiger partial charge in [-0.05, 0) is 43.0 Å². The van der Waals surface area contributed by atoms with Crippen molar-refractivity contribution in [1.29, 1.82) is 0 Å². The maximum Gasteiger partial charge on any atom is 0.242 e. The Kier molecular flexibility index (Phi) is 4.99. The summed E-state index contributed by atoms with van der Waals surface area (Å²) in [6.45, 7) is 1.46. The third-order valence-corrected chi connectivity index (χ3v) is 6.09. The van der Waals surface area contributed by atoms with Crippen molar-refractivity contribution in [3.05, 3.63) is 66.3 Å². The highest BCUT2D eigenvalue weighted by Gasteiger charge is 2.29. The first-order chi connectivity index (χ1) is 14.7. The van der Waals surface area contributed by atoms with Crippen LogP contribution in [0.1, 0.15) is 43.0 Å². The van der Waals surface area contributed by atoms with E-state index >= 15 is 0 Å². The van der Waals surface area contributed by atoms with Crippen LogP contribution in [0.5, 0.6) is 0 Å². The second-order valence-electron chi connectivity index (χ2n) is 7.97. The molecule has 6 heteroatoms. The van der Waals surface area contributed by atoms with Gasteiger partial charge in [0.2, 0.25) is 11.8 Å². The molecule has 1 fully saturated rings. The van der Waals surface area contributed by atoms with Gasteiger partial charge in [-0.2, -0.15) is 0 Å². The Morgan fingerprint density at radius 2 is 1.87 bits per heavy atom. The van der Waals surface area contributed by atoms with Gasteiger partial charge < -0.3 is 14.8 Å². The van der Waals surface area contributed by atoms with Crippen molar-refractivity contribution >= 4 is 28.5 Å². The molecule has 0 saturated carbocycles. The zero-order chi connectivity index (χ0) is 20.5. The van der Waals surface area contributed by atoms with Crippen LogP contribution in [-0.4, -0.2) is 46.3 Å². The van der Waals surface area contributed by atoms with E-state index in [1.54, 1.807) is 4.90 Å². The normalized spacial score (nSPS) is 17.8. The first-order valence-electron chi connectivity index (χ1n) is 10.5. The lowest BCUT2D eigenvalue weighted by Crippen LogP contribution is -2.45. The fourth-order valence-electron chi connectivity index (χ4n) is 4.41. The van der Waals surface area contributed by atoms with E-state index in [9.17, 15) is 9.59 Å². The van der Waals surface area contributed by atoms with Crippen molar-refractivity contribution in [3.8, 4) is 0 Å². The Bertz CT molecular complexity index is 1050. The van der Waals surface area contributed by atoms with E-state index in [1.807, 2.05) is 53.4 Å². The van der Waals surface area contributed by atoms with Gasteiger partial charge in [-0.3, -0.25) is 9.59 Å². The van der Waals surface area contributed by atoms with Crippen molar-refractivity contribution in [3.63, 3.8) is 0 Å². The number of anilines is 1. The molecule has 2 aliphatic rings. The molecule has 2 aliphatic heterocycles. The second-order valence-corrected chi connectivity index (χ2v) is 7.97. The van der Waals surface area contributed by atoms with E-state index in [-0.39, 0.29) is 18.4 Å². The number of likely N-dealkylation sites (tertiary alicyclic amines) is 1. The standard InChI is InChI=1S/C24H24N4O2/c29-22-11-5-7-17-6-1-4-10-21(17)28(22)16-23(30)27-14-12-18(13-15-27)24-25-19-8-2-3-9-20(19)26-24/h1-4,6,8-10,18H,5,11-16H2,(H,25,26). The van der Waals surface area contributed by atoms with Crippen LogP contribution in [0.25, 0.3) is 11.0 Å². The summed E-state index contributed by atoms with van der Waals surface area (Å²) in [6, 6.07) is 15.7. The predicted octanol–water partition coefficient (Wildman–Crippen LogP) is 3.53. The summed E-state index contributed by atoms with van der Waals surface area (Å²) < 4.78 is 0. The summed E-state index contributed by atoms with van der Waals surface area (Å²) in [5.74, 6) is 1.32. The molecule has 1 saturated heterocycles. The molecule has 3 aromatic rings. The Morgan fingerprint density at radius 1 is 1.10 bits per heavy atom. The number of aromatic nitrogens is 2. The Hall–Kier alpha value is -3.15. The summed E-state index contributed by atoms with van der Waals surface area (Å²) in [5, 5.41) is 0. The first-order valence-corrected chi connectivity index (χ1v) is 10.5. The van der Waals surface area contributed by atoms with Crippen LogP contribution in [0.2, 0.25) is 0 Å². The molecule has 0 atom stereocenters. The maximum absolute atomic E-state index is 13.0. The molecule has 2 aromatic carbocycles. The SMILES string of the molecule is O=C(CN1C(=O)CC[C]c2ccccc21)N1CCC(c2nc3ccccc3[nH]2)CC1. The van der Waals surface area contributed by atoms with Crippen molar-refractivity contribution < 1.29 is 9.59 Å². The zero-order valence-corrected chi connectivity index (χ0v) is 16.8. The minimum atomic E-state index is -0.0158. The highest BCUT2D eigenvalue weighted by Crippen LogP contribution is 2.30. The minimum Gasteiger partial charge on any atom is -0.342 e. The third kappa shape index (κ3) is 3.58. The minimum absolute atomic E-state index is 0.00288. The van der Waals surface area contributed by atoms with Gasteiger partial charge >= 0.3 is 0 Å². The van der Waals surface area contributed by atoms with E-state index in [4.69, 9.17) is 4.98 Å². The van der Waals surface area contributed by atoms with E-state index in [0.29, 0.717) is 31.8 Å². The molecule has 3 heterocycles. The van der Waals surface area contributed by atoms with Crippen molar-refractivity contribution in [2.75, 3.05) is 24.5 Å². The van der Waals surface area contributed by atoms with E-state index in [1.165, 1.54) is 0 Å². The van der Waals surface area contributed by atoms with Crippen LogP contribution in [-0.2, 0) is 9.59 Å². The van der Waals surface area contributed by atoms with Gasteiger partial charge in [0.15, 0.2) is 0 Å². The van der Waals surface area contributed by atoms with Crippen LogP contribution >= 0.6 is 0 Å². The lowest BCUT2D eigenvalue weighted by Gasteiger charge is -2.33. The number of hydrogen-bond donors (Lipinski definition) is 1. The molecule has 2 radical (unpaired) electrons. The van der Waals surface area contributed by atoms with Gasteiger partial charge in [-0.15, -0.1) is 0 Å². The van der Waals surface area contributed by atoms with Crippen molar-refractivity contribution in [1.82, 2.24) is 14.9 Å². The van der Waals surface area contributed by atoms with Crippen LogP contribution in [0.3, 0.4) is 0 Å². The topological polar surface area (TPSA) is 69.3 Å². The maximum atomic E-state index is 13.0. The molecule has 30 heavy (non-hydrogen) atoms. The number of carbonyl (C=O) groups excluding carboxylic acids is 2. The first kappa shape index (κ1) is 18.9. The van der Waals surface area contributed by atoms with Gasteiger partial charge in [0, 0.05) is 37.5 Å². The van der Waals surface area contributed by atoms with Crippen molar-refractivity contribution in [2.45, 2.75) is 31.6 Å². The fourth-order valence-corrected chi connectivity index (χ4v) is 4.41. The summed E-state index contributed by atoms with van der Waals surface area (Å²) in [7, 11) is 0. The number of imidazole rings is 1. The fraction of sp³-hybridized carbons (Fsp3) is 0.333. The predicted molar refractivity (Wildman–Crippen MR) is 115 cm³/mol. The van der Waals surface area contributed by atoms with Crippen LogP contribution in [0.4, 0.5) is 5.69 Å². The Labute approximate surface area is 175 Å². The molecule has 0 unspecified atom stereocenters. The molecule has 0 aliphatic carbocycles. The molecule has 152 valence electrons. The van der Waals surface area contributed by atoms with Crippen LogP contribution in [0, 0.1) is 6.42 Å². The molecular formula is C24H24N4O2. The van der Waals surface area contributed by atoms with Crippen LogP contribution < -0.4 is 4.90 Å². The summed E-state index contributed by atoms with van der Waals surface area (Å²) in [4.78, 5) is 37.3. The number of nitrogens with zero attached hydrogens (tertiary/aromatic N) is 3. The molecule has 5 rings (SSSR count). The van der Waals surface area contributed by atoms with Crippen LogP contribution in [0.15, 0.2) is 48.5 Å². The van der Waals surface area contributed by atoms with Gasteiger partial charge in [0.25, 0.3) is 0 Å². The smallest absolute Gasteiger partial charge is 0.242 e. The third-order valence-electron chi connectivity index (χ3n) is 6.09. The monoisotopic (exact) mass is 400 g/mol. The number of rotatable bonds is 3. The number of amides is 2. The number of hydrogen-bond acceptors (Lipinski definition) is 3. The summed E-state index contributed by atoms with van der Waals surface area (Å²) in [6.07, 6.45) is 5.99. The average molecular weight is 400 g/mol. The van der Waals surface area contributed by atoms with Gasteiger partial charge in [0.1, 0.15) is 12.4 Å². The molecule has 1 N–H and O–H groups in total. The van der Waals surface area contributed by atoms with E-state index < -0.39 is 0 Å². The summed E-state index contributed by atoms with van der Waals surface area (Å²) in [5.41, 5.74) is 3.72. The highest BCUT2D eigenvalue weighted by atomic mass is 16.2. The second kappa shape index (κ2) is 7.94. The van der Waals surface area contributed by atoms with Crippen molar-refractivity contribution in [2.24, 2.45) is 0 Å². The molecular weight excluding hydrogens is 376 g/mol.